The first kappa shape index (κ1) is 21.1. The number of ether oxygens (including phenoxy) is 1. The van der Waals surface area contributed by atoms with Gasteiger partial charge in [-0.15, -0.1) is 10.2 Å². The van der Waals surface area contributed by atoms with Crippen LogP contribution in [0.3, 0.4) is 0 Å². The van der Waals surface area contributed by atoms with Crippen molar-refractivity contribution in [1.29, 1.82) is 0 Å². The Labute approximate surface area is 181 Å². The Hall–Kier alpha value is -2.62. The maximum atomic E-state index is 12.2. The van der Waals surface area contributed by atoms with Gasteiger partial charge in [-0.25, -0.2) is 4.68 Å². The first-order chi connectivity index (χ1) is 14.0. The lowest BCUT2D eigenvalue weighted by atomic mass is 10.3. The van der Waals surface area contributed by atoms with E-state index >= 15 is 0 Å². The minimum atomic E-state index is -0.264. The van der Waals surface area contributed by atoms with Crippen molar-refractivity contribution in [3.8, 4) is 5.75 Å². The number of rotatable bonds is 8. The Morgan fingerprint density at radius 3 is 2.69 bits per heavy atom. The largest absolute Gasteiger partial charge is 0.497 e. The molecule has 0 bridgehead atoms. The molecule has 0 radical (unpaired) electrons. The normalized spacial score (nSPS) is 10.6. The van der Waals surface area contributed by atoms with E-state index < -0.39 is 0 Å². The number of amides is 1. The predicted molar refractivity (Wildman–Crippen MR) is 116 cm³/mol. The van der Waals surface area contributed by atoms with Crippen LogP contribution in [0.2, 0.25) is 10.0 Å². The molecule has 2 aromatic carbocycles. The van der Waals surface area contributed by atoms with Gasteiger partial charge in [-0.1, -0.05) is 35.0 Å². The summed E-state index contributed by atoms with van der Waals surface area (Å²) >= 11 is 13.1. The molecule has 152 valence electrons. The zero-order valence-corrected chi connectivity index (χ0v) is 17.7. The SMILES string of the molecule is COc1ccc(NCc2nnc(SCC(=O)Nc3cc(Cl)ccc3Cl)n2N)cc1. The third kappa shape index (κ3) is 5.69. The highest BCUT2D eigenvalue weighted by molar-refractivity contribution is 7.99. The van der Waals surface area contributed by atoms with Gasteiger partial charge < -0.3 is 21.2 Å². The van der Waals surface area contributed by atoms with Crippen molar-refractivity contribution in [2.24, 2.45) is 0 Å². The summed E-state index contributed by atoms with van der Waals surface area (Å²) in [4.78, 5) is 12.2. The number of nitrogens with two attached hydrogens (primary N) is 1. The molecule has 1 aromatic heterocycles. The average Bonchev–Trinajstić information content (AvgIpc) is 3.07. The van der Waals surface area contributed by atoms with Crippen LogP contribution >= 0.6 is 35.0 Å². The van der Waals surface area contributed by atoms with E-state index in [-0.39, 0.29) is 11.7 Å². The highest BCUT2D eigenvalue weighted by atomic mass is 35.5. The smallest absolute Gasteiger partial charge is 0.234 e. The van der Waals surface area contributed by atoms with Gasteiger partial charge in [-0.2, -0.15) is 0 Å². The molecule has 1 amide bonds. The number of aromatic nitrogens is 3. The fraction of sp³-hybridized carbons (Fsp3) is 0.167. The predicted octanol–water partition coefficient (Wildman–Crippen LogP) is 3.65. The number of carbonyl (C=O) groups is 1. The topological polar surface area (TPSA) is 107 Å². The van der Waals surface area contributed by atoms with Crippen molar-refractivity contribution in [2.45, 2.75) is 11.7 Å². The van der Waals surface area contributed by atoms with Gasteiger partial charge in [0.25, 0.3) is 0 Å². The number of nitrogens with one attached hydrogen (secondary N) is 2. The Balaban J connectivity index is 1.53. The summed E-state index contributed by atoms with van der Waals surface area (Å²) in [6, 6.07) is 12.3. The van der Waals surface area contributed by atoms with Crippen molar-refractivity contribution < 1.29 is 9.53 Å². The molecule has 0 aliphatic heterocycles. The molecular formula is C18H18Cl2N6O2S. The molecule has 0 aliphatic carbocycles. The lowest BCUT2D eigenvalue weighted by Gasteiger charge is -2.08. The third-order valence-electron chi connectivity index (χ3n) is 3.81. The monoisotopic (exact) mass is 452 g/mol. The van der Waals surface area contributed by atoms with E-state index in [0.717, 1.165) is 23.2 Å². The highest BCUT2D eigenvalue weighted by Crippen LogP contribution is 2.26. The molecule has 11 heteroatoms. The number of hydrogen-bond acceptors (Lipinski definition) is 7. The number of thioether (sulfide) groups is 1. The fourth-order valence-electron chi connectivity index (χ4n) is 2.33. The number of nitrogen functional groups attached to an aromatic ring is 1. The Morgan fingerprint density at radius 2 is 1.97 bits per heavy atom. The van der Waals surface area contributed by atoms with Gasteiger partial charge >= 0.3 is 0 Å². The number of methoxy groups -OCH3 is 1. The summed E-state index contributed by atoms with van der Waals surface area (Å²) in [5.41, 5.74) is 1.34. The van der Waals surface area contributed by atoms with Crippen molar-refractivity contribution in [3.05, 3.63) is 58.3 Å². The number of benzene rings is 2. The summed E-state index contributed by atoms with van der Waals surface area (Å²) in [5, 5.41) is 15.3. The van der Waals surface area contributed by atoms with Gasteiger partial charge in [0, 0.05) is 10.7 Å². The van der Waals surface area contributed by atoms with E-state index in [1.807, 2.05) is 24.3 Å². The van der Waals surface area contributed by atoms with E-state index in [1.165, 1.54) is 4.68 Å². The lowest BCUT2D eigenvalue weighted by molar-refractivity contribution is -0.113. The summed E-state index contributed by atoms with van der Waals surface area (Å²) < 4.78 is 6.47. The molecule has 3 rings (SSSR count). The van der Waals surface area contributed by atoms with Gasteiger partial charge in [0.05, 0.1) is 30.1 Å². The molecular weight excluding hydrogens is 435 g/mol. The quantitative estimate of drug-likeness (QED) is 0.353. The number of halogens is 2. The van der Waals surface area contributed by atoms with E-state index in [0.29, 0.717) is 33.3 Å². The average molecular weight is 453 g/mol. The second-order valence-corrected chi connectivity index (χ2v) is 7.60. The molecule has 4 N–H and O–H groups in total. The first-order valence-electron chi connectivity index (χ1n) is 8.41. The summed E-state index contributed by atoms with van der Waals surface area (Å²) in [6.45, 7) is 0.376. The van der Waals surface area contributed by atoms with E-state index in [4.69, 9.17) is 33.8 Å². The molecule has 0 atom stereocenters. The minimum absolute atomic E-state index is 0.0874. The van der Waals surface area contributed by atoms with Crippen molar-refractivity contribution in [3.63, 3.8) is 0 Å². The van der Waals surface area contributed by atoms with Crippen LogP contribution in [0.1, 0.15) is 5.82 Å². The molecule has 0 unspecified atom stereocenters. The molecule has 8 nitrogen and oxygen atoms in total. The zero-order valence-electron chi connectivity index (χ0n) is 15.4. The van der Waals surface area contributed by atoms with Gasteiger partial charge in [0.15, 0.2) is 5.82 Å². The molecule has 0 saturated carbocycles. The van der Waals surface area contributed by atoms with Gasteiger partial charge in [0.2, 0.25) is 11.1 Å². The second kappa shape index (κ2) is 9.73. The van der Waals surface area contributed by atoms with Crippen LogP contribution in [0.25, 0.3) is 0 Å². The summed E-state index contributed by atoms with van der Waals surface area (Å²) in [6.07, 6.45) is 0. The number of anilines is 2. The molecule has 1 heterocycles. The summed E-state index contributed by atoms with van der Waals surface area (Å²) in [5.74, 6) is 7.16. The number of nitrogens with zero attached hydrogens (tertiary/aromatic N) is 3. The Bertz CT molecular complexity index is 997. The highest BCUT2D eigenvalue weighted by Gasteiger charge is 2.13. The first-order valence-corrected chi connectivity index (χ1v) is 10.2. The van der Waals surface area contributed by atoms with Crippen LogP contribution in [0, 0.1) is 0 Å². The molecule has 3 aromatic rings. The van der Waals surface area contributed by atoms with Crippen LogP contribution < -0.4 is 21.2 Å². The maximum Gasteiger partial charge on any atom is 0.234 e. The molecule has 0 aliphatic rings. The molecule has 29 heavy (non-hydrogen) atoms. The maximum absolute atomic E-state index is 12.2. The van der Waals surface area contributed by atoms with Crippen molar-refractivity contribution in [2.75, 3.05) is 29.3 Å². The van der Waals surface area contributed by atoms with Crippen LogP contribution in [-0.4, -0.2) is 33.6 Å². The second-order valence-electron chi connectivity index (χ2n) is 5.81. The standard InChI is InChI=1S/C18H18Cl2N6O2S/c1-28-13-5-3-12(4-6-13)22-9-16-24-25-18(26(16)21)29-10-17(27)23-15-8-11(19)2-7-14(15)20/h2-8,22H,9-10,21H2,1H3,(H,23,27). The molecule has 0 saturated heterocycles. The van der Waals surface area contributed by atoms with Gasteiger partial charge in [0.1, 0.15) is 5.75 Å². The fourth-order valence-corrected chi connectivity index (χ4v) is 3.34. The minimum Gasteiger partial charge on any atom is -0.497 e. The van der Waals surface area contributed by atoms with E-state index in [9.17, 15) is 4.79 Å². The van der Waals surface area contributed by atoms with Crippen molar-refractivity contribution >= 4 is 52.2 Å². The molecule has 0 spiro atoms. The van der Waals surface area contributed by atoms with Crippen LogP contribution in [0.5, 0.6) is 5.75 Å². The molecule has 0 fully saturated rings. The number of hydrogen-bond donors (Lipinski definition) is 3. The lowest BCUT2D eigenvalue weighted by Crippen LogP contribution is -2.18. The summed E-state index contributed by atoms with van der Waals surface area (Å²) in [7, 11) is 1.61. The van der Waals surface area contributed by atoms with Crippen LogP contribution in [0.4, 0.5) is 11.4 Å². The van der Waals surface area contributed by atoms with Crippen LogP contribution in [-0.2, 0) is 11.3 Å². The van der Waals surface area contributed by atoms with Crippen molar-refractivity contribution in [1.82, 2.24) is 14.9 Å². The van der Waals surface area contributed by atoms with Gasteiger partial charge in [-0.05, 0) is 42.5 Å². The van der Waals surface area contributed by atoms with E-state index in [2.05, 4.69) is 20.8 Å². The van der Waals surface area contributed by atoms with Gasteiger partial charge in [-0.3, -0.25) is 4.79 Å². The van der Waals surface area contributed by atoms with Crippen LogP contribution in [0.15, 0.2) is 47.6 Å². The van der Waals surface area contributed by atoms with E-state index in [1.54, 1.807) is 25.3 Å². The number of carbonyl (C=O) groups excluding carboxylic acids is 1. The third-order valence-corrected chi connectivity index (χ3v) is 5.32. The Morgan fingerprint density at radius 1 is 1.21 bits per heavy atom. The zero-order chi connectivity index (χ0) is 20.8. The Kier molecular flexibility index (Phi) is 7.08.